The van der Waals surface area contributed by atoms with E-state index in [9.17, 15) is 20.0 Å². The predicted octanol–water partition coefficient (Wildman–Crippen LogP) is 2.51. The molecule has 138 valence electrons. The largest absolute Gasteiger partial charge is 0.490 e. The van der Waals surface area contributed by atoms with E-state index in [1.165, 1.54) is 36.6 Å². The van der Waals surface area contributed by atoms with Gasteiger partial charge in [-0.15, -0.1) is 11.3 Å². The zero-order valence-corrected chi connectivity index (χ0v) is 15.1. The SMILES string of the molecule is COc1cc(C(=O)N2CCCN(CCO)c3sccc32)ccc1[N+](=O)[O-]. The number of β-amino-alcohol motifs (C(OH)–C–C–N with tert-alkyl or cyclic N) is 1. The Bertz CT molecular complexity index is 822. The van der Waals surface area contributed by atoms with Gasteiger partial charge in [0.15, 0.2) is 5.75 Å². The number of nitrogens with zero attached hydrogens (tertiary/aromatic N) is 3. The summed E-state index contributed by atoms with van der Waals surface area (Å²) >= 11 is 1.52. The number of rotatable bonds is 5. The number of nitro groups is 1. The van der Waals surface area contributed by atoms with Gasteiger partial charge >= 0.3 is 5.69 Å². The second kappa shape index (κ2) is 7.71. The molecule has 8 nitrogen and oxygen atoms in total. The van der Waals surface area contributed by atoms with Crippen LogP contribution in [-0.2, 0) is 0 Å². The van der Waals surface area contributed by atoms with Crippen LogP contribution in [0.5, 0.6) is 5.75 Å². The lowest BCUT2D eigenvalue weighted by atomic mass is 10.1. The van der Waals surface area contributed by atoms with Gasteiger partial charge in [0.25, 0.3) is 5.91 Å². The highest BCUT2D eigenvalue weighted by Gasteiger charge is 2.27. The molecule has 1 amide bonds. The van der Waals surface area contributed by atoms with E-state index in [1.54, 1.807) is 4.90 Å². The van der Waals surface area contributed by atoms with E-state index in [2.05, 4.69) is 4.90 Å². The maximum Gasteiger partial charge on any atom is 0.310 e. The van der Waals surface area contributed by atoms with Crippen LogP contribution in [-0.4, -0.2) is 49.3 Å². The molecule has 9 heteroatoms. The zero-order valence-electron chi connectivity index (χ0n) is 14.3. The van der Waals surface area contributed by atoms with Crippen molar-refractivity contribution < 1.29 is 19.6 Å². The molecule has 2 aromatic rings. The molecule has 0 fully saturated rings. The molecule has 26 heavy (non-hydrogen) atoms. The van der Waals surface area contributed by atoms with Gasteiger partial charge in [-0.05, 0) is 23.9 Å². The number of nitro benzene ring substituents is 1. The van der Waals surface area contributed by atoms with Crippen molar-refractivity contribution in [2.75, 3.05) is 43.2 Å². The Hall–Kier alpha value is -2.65. The van der Waals surface area contributed by atoms with Gasteiger partial charge in [-0.3, -0.25) is 14.9 Å². The number of carbonyl (C=O) groups is 1. The number of carbonyl (C=O) groups excluding carboxylic acids is 1. The van der Waals surface area contributed by atoms with Gasteiger partial charge < -0.3 is 19.6 Å². The smallest absolute Gasteiger partial charge is 0.310 e. The summed E-state index contributed by atoms with van der Waals surface area (Å²) in [5, 5.41) is 23.2. The normalized spacial score (nSPS) is 13.9. The van der Waals surface area contributed by atoms with Crippen molar-refractivity contribution in [2.24, 2.45) is 0 Å². The first-order chi connectivity index (χ1) is 12.6. The molecular formula is C17H19N3O5S. The van der Waals surface area contributed by atoms with Crippen LogP contribution in [0.15, 0.2) is 29.6 Å². The third-order valence-corrected chi connectivity index (χ3v) is 5.21. The van der Waals surface area contributed by atoms with Gasteiger partial charge in [0.2, 0.25) is 0 Å². The molecule has 0 saturated heterocycles. The first kappa shape index (κ1) is 18.2. The standard InChI is InChI=1S/C17H19N3O5S/c1-25-15-11-12(3-4-13(15)20(23)24)16(22)19-7-2-6-18(8-9-21)17-14(19)5-10-26-17/h3-5,10-11,21H,2,6-9H2,1H3. The maximum atomic E-state index is 13.1. The van der Waals surface area contributed by atoms with E-state index in [4.69, 9.17) is 4.74 Å². The highest BCUT2D eigenvalue weighted by atomic mass is 32.1. The lowest BCUT2D eigenvalue weighted by Crippen LogP contribution is -2.31. The Morgan fingerprint density at radius 3 is 2.88 bits per heavy atom. The van der Waals surface area contributed by atoms with Crippen molar-refractivity contribution in [3.8, 4) is 5.75 Å². The molecule has 0 spiro atoms. The van der Waals surface area contributed by atoms with E-state index >= 15 is 0 Å². The molecule has 0 bridgehead atoms. The fourth-order valence-electron chi connectivity index (χ4n) is 3.04. The number of methoxy groups -OCH3 is 1. The Morgan fingerprint density at radius 2 is 2.19 bits per heavy atom. The van der Waals surface area contributed by atoms with Crippen LogP contribution in [0.2, 0.25) is 0 Å². The van der Waals surface area contributed by atoms with E-state index in [0.29, 0.717) is 18.7 Å². The first-order valence-electron chi connectivity index (χ1n) is 8.14. The summed E-state index contributed by atoms with van der Waals surface area (Å²) in [7, 11) is 1.34. The molecule has 0 radical (unpaired) electrons. The fourth-order valence-corrected chi connectivity index (χ4v) is 4.00. The van der Waals surface area contributed by atoms with Crippen molar-refractivity contribution in [3.05, 3.63) is 45.3 Å². The van der Waals surface area contributed by atoms with Crippen molar-refractivity contribution in [2.45, 2.75) is 6.42 Å². The van der Waals surface area contributed by atoms with E-state index in [-0.39, 0.29) is 24.0 Å². The highest BCUT2D eigenvalue weighted by Crippen LogP contribution is 2.38. The summed E-state index contributed by atoms with van der Waals surface area (Å²) in [6.07, 6.45) is 0.761. The minimum absolute atomic E-state index is 0.0465. The summed E-state index contributed by atoms with van der Waals surface area (Å²) in [4.78, 5) is 27.3. The lowest BCUT2D eigenvalue weighted by Gasteiger charge is -2.23. The Labute approximate surface area is 154 Å². The number of aliphatic hydroxyl groups is 1. The predicted molar refractivity (Wildman–Crippen MR) is 99.6 cm³/mol. The number of fused-ring (bicyclic) bond motifs is 1. The van der Waals surface area contributed by atoms with Crippen LogP contribution in [0.4, 0.5) is 16.4 Å². The second-order valence-corrected chi connectivity index (χ2v) is 6.67. The highest BCUT2D eigenvalue weighted by molar-refractivity contribution is 7.15. The minimum atomic E-state index is -0.539. The first-order valence-corrected chi connectivity index (χ1v) is 9.02. The number of hydrogen-bond acceptors (Lipinski definition) is 7. The number of benzene rings is 1. The summed E-state index contributed by atoms with van der Waals surface area (Å²) in [6.45, 7) is 1.84. The van der Waals surface area contributed by atoms with Crippen molar-refractivity contribution in [1.82, 2.24) is 0 Å². The quantitative estimate of drug-likeness (QED) is 0.635. The number of amides is 1. The van der Waals surface area contributed by atoms with Gasteiger partial charge in [-0.2, -0.15) is 0 Å². The van der Waals surface area contributed by atoms with Gasteiger partial charge in [-0.25, -0.2) is 0 Å². The van der Waals surface area contributed by atoms with Gasteiger partial charge in [-0.1, -0.05) is 0 Å². The molecule has 0 unspecified atom stereocenters. The maximum absolute atomic E-state index is 13.1. The number of aliphatic hydroxyl groups excluding tert-OH is 1. The Morgan fingerprint density at radius 1 is 1.38 bits per heavy atom. The van der Waals surface area contributed by atoms with E-state index < -0.39 is 4.92 Å². The Balaban J connectivity index is 1.95. The van der Waals surface area contributed by atoms with Gasteiger partial charge in [0.05, 0.1) is 24.3 Å². The van der Waals surface area contributed by atoms with Gasteiger partial charge in [0, 0.05) is 37.3 Å². The van der Waals surface area contributed by atoms with Gasteiger partial charge in [0.1, 0.15) is 5.00 Å². The summed E-state index contributed by atoms with van der Waals surface area (Å²) in [5.74, 6) is -0.174. The van der Waals surface area contributed by atoms with E-state index in [0.717, 1.165) is 23.7 Å². The molecule has 1 N–H and O–H groups in total. The van der Waals surface area contributed by atoms with Crippen molar-refractivity contribution in [1.29, 1.82) is 0 Å². The summed E-state index contributed by atoms with van der Waals surface area (Å²) in [5.41, 5.74) is 0.953. The molecule has 0 atom stereocenters. The zero-order chi connectivity index (χ0) is 18.7. The number of thiophene rings is 1. The van der Waals surface area contributed by atoms with Crippen molar-refractivity contribution in [3.63, 3.8) is 0 Å². The monoisotopic (exact) mass is 377 g/mol. The minimum Gasteiger partial charge on any atom is -0.490 e. The van der Waals surface area contributed by atoms with Crippen LogP contribution < -0.4 is 14.5 Å². The average molecular weight is 377 g/mol. The van der Waals surface area contributed by atoms with Crippen LogP contribution in [0, 0.1) is 10.1 Å². The van der Waals surface area contributed by atoms with Crippen LogP contribution in [0.1, 0.15) is 16.8 Å². The third-order valence-electron chi connectivity index (χ3n) is 4.25. The number of ether oxygens (including phenoxy) is 1. The molecular weight excluding hydrogens is 358 g/mol. The van der Waals surface area contributed by atoms with Crippen molar-refractivity contribution >= 4 is 33.6 Å². The molecule has 1 aromatic carbocycles. The molecule has 2 heterocycles. The molecule has 3 rings (SSSR count). The fraction of sp³-hybridized carbons (Fsp3) is 0.353. The Kier molecular flexibility index (Phi) is 5.38. The number of hydrogen-bond donors (Lipinski definition) is 1. The molecule has 1 aliphatic rings. The summed E-state index contributed by atoms with van der Waals surface area (Å²) < 4.78 is 5.07. The summed E-state index contributed by atoms with van der Waals surface area (Å²) in [6, 6.07) is 6.03. The molecule has 1 aliphatic heterocycles. The number of anilines is 2. The lowest BCUT2D eigenvalue weighted by molar-refractivity contribution is -0.385. The molecule has 0 aliphatic carbocycles. The topological polar surface area (TPSA) is 96.2 Å². The molecule has 0 saturated carbocycles. The van der Waals surface area contributed by atoms with E-state index in [1.807, 2.05) is 11.4 Å². The van der Waals surface area contributed by atoms with Crippen LogP contribution in [0.3, 0.4) is 0 Å². The average Bonchev–Trinajstić information content (AvgIpc) is 3.06. The molecule has 1 aromatic heterocycles. The third kappa shape index (κ3) is 3.35. The second-order valence-electron chi connectivity index (χ2n) is 5.78. The van der Waals surface area contributed by atoms with Crippen LogP contribution >= 0.6 is 11.3 Å². The van der Waals surface area contributed by atoms with Crippen LogP contribution in [0.25, 0.3) is 0 Å².